The minimum Gasteiger partial charge on any atom is -0.497 e. The highest BCUT2D eigenvalue weighted by Crippen LogP contribution is 2.37. The third-order valence-corrected chi connectivity index (χ3v) is 7.37. The van der Waals surface area contributed by atoms with Crippen LogP contribution in [-0.4, -0.2) is 38.1 Å². The number of ether oxygens (including phenoxy) is 2. The minimum atomic E-state index is -3.70. The fraction of sp³-hybridized carbons (Fsp3) is 0.455. The smallest absolute Gasteiger partial charge is 0.243 e. The Labute approximate surface area is 168 Å². The summed E-state index contributed by atoms with van der Waals surface area (Å²) in [6, 6.07) is 16.0. The summed E-state index contributed by atoms with van der Waals surface area (Å²) in [6.07, 6.45) is 1.33. The zero-order valence-corrected chi connectivity index (χ0v) is 17.8. The Morgan fingerprint density at radius 2 is 1.75 bits per heavy atom. The molecule has 0 aliphatic carbocycles. The van der Waals surface area contributed by atoms with Crippen LogP contribution in [0.4, 0.5) is 0 Å². The summed E-state index contributed by atoms with van der Waals surface area (Å²) < 4.78 is 40.1. The van der Waals surface area contributed by atoms with Crippen LogP contribution in [0.25, 0.3) is 0 Å². The predicted molar refractivity (Wildman–Crippen MR) is 110 cm³/mol. The number of hydrogen-bond donors (Lipinski definition) is 0. The molecule has 0 radical (unpaired) electrons. The molecule has 0 unspecified atom stereocenters. The second-order valence-corrected chi connectivity index (χ2v) is 9.70. The molecule has 0 N–H and O–H groups in total. The minimum absolute atomic E-state index is 0.133. The maximum atomic E-state index is 13.7. The number of sulfonamides is 1. The maximum Gasteiger partial charge on any atom is 0.243 e. The lowest BCUT2D eigenvalue weighted by Gasteiger charge is -2.43. The van der Waals surface area contributed by atoms with E-state index in [-0.39, 0.29) is 22.6 Å². The molecule has 1 aliphatic rings. The van der Waals surface area contributed by atoms with Gasteiger partial charge in [0.15, 0.2) is 0 Å². The van der Waals surface area contributed by atoms with Gasteiger partial charge in [0, 0.05) is 18.7 Å². The van der Waals surface area contributed by atoms with Gasteiger partial charge in [-0.25, -0.2) is 8.42 Å². The number of hydrogen-bond acceptors (Lipinski definition) is 4. The number of benzene rings is 2. The van der Waals surface area contributed by atoms with Gasteiger partial charge in [0.05, 0.1) is 17.6 Å². The third-order valence-electron chi connectivity index (χ3n) is 5.33. The third kappa shape index (κ3) is 4.40. The molecule has 0 aromatic heterocycles. The van der Waals surface area contributed by atoms with Crippen LogP contribution in [0.2, 0.25) is 0 Å². The fourth-order valence-corrected chi connectivity index (χ4v) is 5.72. The van der Waals surface area contributed by atoms with Crippen molar-refractivity contribution < 1.29 is 17.9 Å². The molecule has 2 atom stereocenters. The molecule has 152 valence electrons. The molecule has 3 rings (SSSR count). The van der Waals surface area contributed by atoms with Crippen molar-refractivity contribution in [3.05, 3.63) is 60.2 Å². The summed E-state index contributed by atoms with van der Waals surface area (Å²) in [5, 5.41) is 0. The van der Waals surface area contributed by atoms with Crippen molar-refractivity contribution in [3.8, 4) is 5.75 Å². The first-order valence-electron chi connectivity index (χ1n) is 9.61. The van der Waals surface area contributed by atoms with Gasteiger partial charge < -0.3 is 9.47 Å². The SMILES string of the molecule is COc1ccc(S(=O)(=O)N([C@H]2CCOC(C)(C)C2)[C@H](C)c2ccccc2)cc1. The molecule has 2 aromatic rings. The van der Waals surface area contributed by atoms with Crippen LogP contribution in [0.5, 0.6) is 5.75 Å². The van der Waals surface area contributed by atoms with Crippen molar-refractivity contribution in [1.82, 2.24) is 4.31 Å². The standard InChI is InChI=1S/C22H29NO4S/c1-17(18-8-6-5-7-9-18)23(19-14-15-27-22(2,3)16-19)28(24,25)21-12-10-20(26-4)11-13-21/h5-13,17,19H,14-16H2,1-4H3/t17-,19+/m1/s1. The Morgan fingerprint density at radius 3 is 2.32 bits per heavy atom. The lowest BCUT2D eigenvalue weighted by molar-refractivity contribution is -0.0758. The van der Waals surface area contributed by atoms with Gasteiger partial charge in [0.2, 0.25) is 10.0 Å². The molecular formula is C22H29NO4S. The van der Waals surface area contributed by atoms with Gasteiger partial charge >= 0.3 is 0 Å². The van der Waals surface area contributed by atoms with E-state index >= 15 is 0 Å². The van der Waals surface area contributed by atoms with E-state index in [1.54, 1.807) is 35.7 Å². The van der Waals surface area contributed by atoms with Crippen molar-refractivity contribution in [2.75, 3.05) is 13.7 Å². The molecule has 0 spiro atoms. The molecule has 0 amide bonds. The molecule has 1 fully saturated rings. The first-order chi connectivity index (χ1) is 13.2. The Bertz CT molecular complexity index is 879. The molecule has 0 saturated carbocycles. The van der Waals surface area contributed by atoms with E-state index in [1.807, 2.05) is 51.1 Å². The largest absolute Gasteiger partial charge is 0.497 e. The Hall–Kier alpha value is -1.89. The van der Waals surface area contributed by atoms with E-state index in [0.717, 1.165) is 5.56 Å². The van der Waals surface area contributed by atoms with Crippen molar-refractivity contribution in [2.45, 2.75) is 56.2 Å². The summed E-state index contributed by atoms with van der Waals surface area (Å²) in [4.78, 5) is 0.278. The summed E-state index contributed by atoms with van der Waals surface area (Å²) in [6.45, 7) is 6.54. The van der Waals surface area contributed by atoms with Gasteiger partial charge in [-0.3, -0.25) is 0 Å². The lowest BCUT2D eigenvalue weighted by atomic mass is 9.93. The second-order valence-electron chi connectivity index (χ2n) is 7.85. The highest BCUT2D eigenvalue weighted by molar-refractivity contribution is 7.89. The number of nitrogens with zero attached hydrogens (tertiary/aromatic N) is 1. The molecule has 2 aromatic carbocycles. The first-order valence-corrected chi connectivity index (χ1v) is 11.0. The van der Waals surface area contributed by atoms with Crippen LogP contribution in [-0.2, 0) is 14.8 Å². The van der Waals surface area contributed by atoms with Crippen LogP contribution in [0, 0.1) is 0 Å². The molecule has 1 heterocycles. The normalized spacial score (nSPS) is 20.7. The van der Waals surface area contributed by atoms with Gasteiger partial charge in [-0.2, -0.15) is 4.31 Å². The summed E-state index contributed by atoms with van der Waals surface area (Å²) in [5.41, 5.74) is 0.622. The van der Waals surface area contributed by atoms with Crippen molar-refractivity contribution in [1.29, 1.82) is 0 Å². The summed E-state index contributed by atoms with van der Waals surface area (Å²) in [5.74, 6) is 0.633. The van der Waals surface area contributed by atoms with E-state index in [9.17, 15) is 8.42 Å². The number of methoxy groups -OCH3 is 1. The molecule has 5 nitrogen and oxygen atoms in total. The molecule has 6 heteroatoms. The average Bonchev–Trinajstić information content (AvgIpc) is 2.68. The van der Waals surface area contributed by atoms with E-state index in [4.69, 9.17) is 9.47 Å². The fourth-order valence-electron chi connectivity index (χ4n) is 3.89. The summed E-state index contributed by atoms with van der Waals surface area (Å²) >= 11 is 0. The van der Waals surface area contributed by atoms with Crippen LogP contribution < -0.4 is 4.74 Å². The van der Waals surface area contributed by atoms with Crippen LogP contribution in [0.3, 0.4) is 0 Å². The van der Waals surface area contributed by atoms with Gasteiger partial charge in [0.25, 0.3) is 0 Å². The molecule has 1 aliphatic heterocycles. The van der Waals surface area contributed by atoms with Gasteiger partial charge in [-0.05, 0) is 63.4 Å². The average molecular weight is 404 g/mol. The Kier molecular flexibility index (Phi) is 6.12. The second kappa shape index (κ2) is 8.23. The van der Waals surface area contributed by atoms with E-state index in [0.29, 0.717) is 25.2 Å². The zero-order chi connectivity index (χ0) is 20.4. The van der Waals surface area contributed by atoms with E-state index in [1.165, 1.54) is 0 Å². The summed E-state index contributed by atoms with van der Waals surface area (Å²) in [7, 11) is -2.13. The Morgan fingerprint density at radius 1 is 1.11 bits per heavy atom. The van der Waals surface area contributed by atoms with Gasteiger partial charge in [0.1, 0.15) is 5.75 Å². The zero-order valence-electron chi connectivity index (χ0n) is 17.0. The Balaban J connectivity index is 2.04. The van der Waals surface area contributed by atoms with Crippen molar-refractivity contribution >= 4 is 10.0 Å². The lowest BCUT2D eigenvalue weighted by Crippen LogP contribution is -2.49. The van der Waals surface area contributed by atoms with E-state index in [2.05, 4.69) is 0 Å². The quantitative estimate of drug-likeness (QED) is 0.717. The topological polar surface area (TPSA) is 55.8 Å². The van der Waals surface area contributed by atoms with Crippen molar-refractivity contribution in [2.24, 2.45) is 0 Å². The molecule has 1 saturated heterocycles. The predicted octanol–water partition coefficient (Wildman–Crippen LogP) is 4.40. The van der Waals surface area contributed by atoms with Crippen molar-refractivity contribution in [3.63, 3.8) is 0 Å². The highest BCUT2D eigenvalue weighted by Gasteiger charge is 2.41. The van der Waals surface area contributed by atoms with Crippen LogP contribution in [0.15, 0.2) is 59.5 Å². The molecule has 28 heavy (non-hydrogen) atoms. The number of rotatable bonds is 6. The van der Waals surface area contributed by atoms with Gasteiger partial charge in [-0.1, -0.05) is 30.3 Å². The first kappa shape index (κ1) is 20.8. The highest BCUT2D eigenvalue weighted by atomic mass is 32.2. The molecule has 0 bridgehead atoms. The molecular weight excluding hydrogens is 374 g/mol. The van der Waals surface area contributed by atoms with E-state index < -0.39 is 10.0 Å². The van der Waals surface area contributed by atoms with Crippen LogP contribution >= 0.6 is 0 Å². The van der Waals surface area contributed by atoms with Gasteiger partial charge in [-0.15, -0.1) is 0 Å². The monoisotopic (exact) mass is 403 g/mol. The maximum absolute atomic E-state index is 13.7. The van der Waals surface area contributed by atoms with Crippen LogP contribution in [0.1, 0.15) is 45.2 Å².